The quantitative estimate of drug-likeness (QED) is 0.493. The molecule has 1 spiro atoms. The Morgan fingerprint density at radius 2 is 1.84 bits per heavy atom. The van der Waals surface area contributed by atoms with Crippen molar-refractivity contribution < 1.29 is 13.9 Å². The maximum absolute atomic E-state index is 6.79. The number of rotatable bonds is 2. The lowest BCUT2D eigenvalue weighted by atomic mass is 9.51. The van der Waals surface area contributed by atoms with Gasteiger partial charge in [0, 0.05) is 17.4 Å². The normalized spacial score (nSPS) is 45.3. The maximum atomic E-state index is 6.79. The van der Waals surface area contributed by atoms with Crippen LogP contribution in [0.25, 0.3) is 0 Å². The maximum Gasteiger partial charge on any atom is 0.192 e. The van der Waals surface area contributed by atoms with E-state index in [1.165, 1.54) is 19.3 Å². The zero-order valence-corrected chi connectivity index (χ0v) is 18.1. The van der Waals surface area contributed by atoms with Crippen LogP contribution < -0.4 is 0 Å². The highest BCUT2D eigenvalue weighted by molar-refractivity contribution is 6.74. The van der Waals surface area contributed by atoms with Gasteiger partial charge in [0.05, 0.1) is 12.2 Å². The van der Waals surface area contributed by atoms with Crippen molar-refractivity contribution in [2.24, 2.45) is 17.3 Å². The van der Waals surface area contributed by atoms with Crippen molar-refractivity contribution in [1.82, 2.24) is 0 Å². The SMILES string of the molecule is CC1(C)OC2C3C=CC4(CCC(O[Si](C)(C)C(C)(C)C)CC4C3)C2O1. The van der Waals surface area contributed by atoms with E-state index in [-0.39, 0.29) is 22.7 Å². The molecule has 0 aromatic carbocycles. The van der Waals surface area contributed by atoms with Crippen molar-refractivity contribution in [3.63, 3.8) is 0 Å². The van der Waals surface area contributed by atoms with Gasteiger partial charge in [-0.2, -0.15) is 0 Å². The summed E-state index contributed by atoms with van der Waals surface area (Å²) < 4.78 is 19.5. The molecule has 0 N–H and O–H groups in total. The Kier molecular flexibility index (Phi) is 3.96. The Balaban J connectivity index is 1.52. The molecule has 0 aromatic heterocycles. The van der Waals surface area contributed by atoms with E-state index in [1.54, 1.807) is 0 Å². The van der Waals surface area contributed by atoms with E-state index >= 15 is 0 Å². The Hall–Kier alpha value is -0.163. The van der Waals surface area contributed by atoms with Gasteiger partial charge in [-0.15, -0.1) is 0 Å². The molecule has 2 saturated carbocycles. The Bertz CT molecular complexity index is 576. The topological polar surface area (TPSA) is 27.7 Å². The van der Waals surface area contributed by atoms with Crippen molar-refractivity contribution in [1.29, 1.82) is 0 Å². The van der Waals surface area contributed by atoms with Gasteiger partial charge < -0.3 is 13.9 Å². The summed E-state index contributed by atoms with van der Waals surface area (Å²) in [5.74, 6) is 0.769. The predicted octanol–water partition coefficient (Wildman–Crippen LogP) is 5.27. The molecule has 142 valence electrons. The first-order valence-electron chi connectivity index (χ1n) is 10.2. The molecule has 1 aliphatic heterocycles. The first-order valence-corrected chi connectivity index (χ1v) is 13.1. The number of hydrogen-bond donors (Lipinski definition) is 0. The molecule has 1 saturated heterocycles. The highest BCUT2D eigenvalue weighted by Crippen LogP contribution is 2.61. The molecule has 0 aromatic rings. The Morgan fingerprint density at radius 1 is 1.12 bits per heavy atom. The lowest BCUT2D eigenvalue weighted by molar-refractivity contribution is -0.159. The second-order valence-electron chi connectivity index (χ2n) is 10.9. The summed E-state index contributed by atoms with van der Waals surface area (Å²) in [6.45, 7) is 15.9. The zero-order chi connectivity index (χ0) is 18.3. The van der Waals surface area contributed by atoms with E-state index < -0.39 is 14.1 Å². The molecule has 6 atom stereocenters. The third-order valence-electron chi connectivity index (χ3n) is 7.77. The smallest absolute Gasteiger partial charge is 0.192 e. The van der Waals surface area contributed by atoms with Crippen molar-refractivity contribution in [2.45, 2.75) is 103 Å². The highest BCUT2D eigenvalue weighted by Gasteiger charge is 2.63. The van der Waals surface area contributed by atoms with Crippen molar-refractivity contribution in [3.8, 4) is 0 Å². The van der Waals surface area contributed by atoms with Gasteiger partial charge in [0.1, 0.15) is 0 Å². The molecule has 5 rings (SSSR count). The Labute approximate surface area is 154 Å². The fraction of sp³-hybridized carbons (Fsp3) is 0.905. The van der Waals surface area contributed by atoms with Crippen LogP contribution in [-0.4, -0.2) is 32.4 Å². The fourth-order valence-corrected chi connectivity index (χ4v) is 6.85. The molecular formula is C21H36O3Si. The lowest BCUT2D eigenvalue weighted by Gasteiger charge is -2.57. The lowest BCUT2D eigenvalue weighted by Crippen LogP contribution is -2.59. The average molecular weight is 365 g/mol. The van der Waals surface area contributed by atoms with Crippen molar-refractivity contribution >= 4 is 8.32 Å². The van der Waals surface area contributed by atoms with E-state index in [9.17, 15) is 0 Å². The van der Waals surface area contributed by atoms with Crippen LogP contribution in [0.5, 0.6) is 0 Å². The van der Waals surface area contributed by atoms with Gasteiger partial charge in [0.2, 0.25) is 0 Å². The van der Waals surface area contributed by atoms with Crippen LogP contribution in [0, 0.1) is 17.3 Å². The van der Waals surface area contributed by atoms with E-state index in [4.69, 9.17) is 13.9 Å². The molecule has 6 unspecified atom stereocenters. The molecule has 3 fully saturated rings. The van der Waals surface area contributed by atoms with Gasteiger partial charge in [0.25, 0.3) is 0 Å². The summed E-state index contributed by atoms with van der Waals surface area (Å²) in [6, 6.07) is 0. The van der Waals surface area contributed by atoms with E-state index in [0.29, 0.717) is 17.9 Å². The van der Waals surface area contributed by atoms with Gasteiger partial charge in [-0.05, 0) is 63.6 Å². The fourth-order valence-electron chi connectivity index (χ4n) is 5.45. The zero-order valence-electron chi connectivity index (χ0n) is 17.1. The van der Waals surface area contributed by atoms with Crippen LogP contribution >= 0.6 is 0 Å². The standard InChI is InChI=1S/C21H36O3Si/c1-19(2,3)25(6,7)24-16-9-11-21-10-8-14(12-15(21)13-16)17-18(21)23-20(4,5)22-17/h8,10,14-18H,9,11-13H2,1-7H3. The highest BCUT2D eigenvalue weighted by atomic mass is 28.4. The summed E-state index contributed by atoms with van der Waals surface area (Å²) in [4.78, 5) is 0. The largest absolute Gasteiger partial charge is 0.414 e. The van der Waals surface area contributed by atoms with E-state index in [0.717, 1.165) is 6.42 Å². The van der Waals surface area contributed by atoms with Crippen LogP contribution in [0.1, 0.15) is 60.3 Å². The molecule has 1 heterocycles. The molecule has 4 heteroatoms. The minimum Gasteiger partial charge on any atom is -0.414 e. The summed E-state index contributed by atoms with van der Waals surface area (Å²) >= 11 is 0. The second-order valence-corrected chi connectivity index (χ2v) is 15.6. The van der Waals surface area contributed by atoms with E-state index in [2.05, 4.69) is 59.9 Å². The molecule has 3 nitrogen and oxygen atoms in total. The third kappa shape index (κ3) is 2.79. The van der Waals surface area contributed by atoms with Crippen molar-refractivity contribution in [2.75, 3.05) is 0 Å². The van der Waals surface area contributed by atoms with Crippen LogP contribution in [0.15, 0.2) is 12.2 Å². The number of hydrogen-bond acceptors (Lipinski definition) is 3. The minimum atomic E-state index is -1.70. The monoisotopic (exact) mass is 364 g/mol. The third-order valence-corrected chi connectivity index (χ3v) is 12.3. The van der Waals surface area contributed by atoms with Crippen LogP contribution in [0.3, 0.4) is 0 Å². The average Bonchev–Trinajstić information content (AvgIpc) is 2.82. The van der Waals surface area contributed by atoms with Gasteiger partial charge in [-0.3, -0.25) is 0 Å². The van der Waals surface area contributed by atoms with Gasteiger partial charge in [-0.1, -0.05) is 32.9 Å². The Morgan fingerprint density at radius 3 is 2.52 bits per heavy atom. The van der Waals surface area contributed by atoms with Gasteiger partial charge in [0.15, 0.2) is 14.1 Å². The van der Waals surface area contributed by atoms with Crippen molar-refractivity contribution in [3.05, 3.63) is 12.2 Å². The summed E-state index contributed by atoms with van der Waals surface area (Å²) in [5, 5.41) is 0.283. The molecule has 0 amide bonds. The first-order chi connectivity index (χ1) is 11.4. The second kappa shape index (κ2) is 5.43. The van der Waals surface area contributed by atoms with Crippen LogP contribution in [0.2, 0.25) is 18.1 Å². The van der Waals surface area contributed by atoms with Crippen LogP contribution in [-0.2, 0) is 13.9 Å². The predicted molar refractivity (Wildman–Crippen MR) is 103 cm³/mol. The summed E-state index contributed by atoms with van der Waals surface area (Å²) in [7, 11) is -1.70. The molecule has 4 aliphatic carbocycles. The molecule has 0 radical (unpaired) electrons. The molecule has 25 heavy (non-hydrogen) atoms. The summed E-state index contributed by atoms with van der Waals surface area (Å²) in [5.41, 5.74) is 0.181. The minimum absolute atomic E-state index is 0.181. The van der Waals surface area contributed by atoms with Gasteiger partial charge in [-0.25, -0.2) is 0 Å². The van der Waals surface area contributed by atoms with Gasteiger partial charge >= 0.3 is 0 Å². The van der Waals surface area contributed by atoms with Crippen LogP contribution in [0.4, 0.5) is 0 Å². The molecular weight excluding hydrogens is 328 g/mol. The molecule has 5 aliphatic rings. The summed E-state index contributed by atoms with van der Waals surface area (Å²) in [6.07, 6.45) is 10.6. The molecule has 2 bridgehead atoms. The number of ether oxygens (including phenoxy) is 2. The van der Waals surface area contributed by atoms with E-state index in [1.807, 2.05) is 0 Å². The first kappa shape index (κ1) is 18.2.